The Morgan fingerprint density at radius 3 is 2.50 bits per heavy atom. The van der Waals surface area contributed by atoms with Crippen LogP contribution in [0.1, 0.15) is 83.3 Å². The van der Waals surface area contributed by atoms with Gasteiger partial charge < -0.3 is 5.11 Å². The van der Waals surface area contributed by atoms with E-state index >= 15 is 0 Å². The van der Waals surface area contributed by atoms with Gasteiger partial charge in [-0.2, -0.15) is 23.5 Å². The monoisotopic (exact) mass is 482 g/mol. The van der Waals surface area contributed by atoms with Crippen molar-refractivity contribution in [2.24, 2.45) is 0 Å². The summed E-state index contributed by atoms with van der Waals surface area (Å²) in [6, 6.07) is 6.30. The van der Waals surface area contributed by atoms with Crippen LogP contribution in [0.3, 0.4) is 0 Å². The highest BCUT2D eigenvalue weighted by Crippen LogP contribution is 2.56. The van der Waals surface area contributed by atoms with Crippen molar-refractivity contribution < 1.29 is 5.11 Å². The van der Waals surface area contributed by atoms with E-state index in [2.05, 4.69) is 78.0 Å². The fraction of sp³-hybridized carbons (Fsp3) is 0.760. The lowest BCUT2D eigenvalue weighted by Gasteiger charge is -2.35. The van der Waals surface area contributed by atoms with E-state index in [-0.39, 0.29) is 5.41 Å². The number of thioether (sulfide) groups is 2. The number of benzene rings is 1. The van der Waals surface area contributed by atoms with Gasteiger partial charge in [0.15, 0.2) is 0 Å². The summed E-state index contributed by atoms with van der Waals surface area (Å²) in [5.41, 5.74) is 2.34. The minimum absolute atomic E-state index is 0.00814. The zero-order valence-corrected chi connectivity index (χ0v) is 22.0. The highest BCUT2D eigenvalue weighted by Gasteiger charge is 2.45. The molecular weight excluding hydrogens is 445 g/mol. The highest BCUT2D eigenvalue weighted by atomic mass is 33.1. The molecule has 4 heterocycles. The van der Waals surface area contributed by atoms with E-state index < -0.39 is 0 Å². The van der Waals surface area contributed by atoms with E-state index in [9.17, 15) is 5.11 Å². The molecule has 0 spiro atoms. The summed E-state index contributed by atoms with van der Waals surface area (Å²) >= 11 is 4.55. The average Bonchev–Trinajstić information content (AvgIpc) is 3.44. The normalized spacial score (nSPS) is 30.6. The Kier molecular flexibility index (Phi) is 8.30. The largest absolute Gasteiger partial charge is 0.508 e. The van der Waals surface area contributed by atoms with Gasteiger partial charge in [-0.15, -0.1) is 0 Å². The number of fused-ring (bicyclic) bond motifs is 3. The average molecular weight is 483 g/mol. The van der Waals surface area contributed by atoms with Crippen LogP contribution in [0.25, 0.3) is 0 Å². The van der Waals surface area contributed by atoms with E-state index in [0.29, 0.717) is 5.75 Å². The number of rotatable bonds is 10. The highest BCUT2D eigenvalue weighted by molar-refractivity contribution is 8.77. The van der Waals surface area contributed by atoms with Crippen molar-refractivity contribution >= 4 is 45.1 Å². The Labute approximate surface area is 200 Å². The number of hydrogen-bond acceptors (Lipinski definition) is 5. The fourth-order valence-electron chi connectivity index (χ4n) is 4.74. The van der Waals surface area contributed by atoms with Crippen LogP contribution in [0.5, 0.6) is 5.75 Å². The van der Waals surface area contributed by atoms with Crippen LogP contribution in [0.4, 0.5) is 0 Å². The summed E-state index contributed by atoms with van der Waals surface area (Å²) in [6.45, 7) is 6.46. The predicted molar refractivity (Wildman–Crippen MR) is 142 cm³/mol. The number of unbranched alkanes of at least 4 members (excludes halogenated alkanes) is 4. The maximum absolute atomic E-state index is 10.3. The number of aromatic hydroxyl groups is 1. The van der Waals surface area contributed by atoms with Crippen LogP contribution in [0, 0.1) is 0 Å². The number of aryl methyl sites for hydroxylation is 1. The van der Waals surface area contributed by atoms with Gasteiger partial charge in [-0.25, -0.2) is 0 Å². The lowest BCUT2D eigenvalue weighted by molar-refractivity contribution is 0.445. The second-order valence-electron chi connectivity index (χ2n) is 10.3. The van der Waals surface area contributed by atoms with Gasteiger partial charge in [0.2, 0.25) is 0 Å². The van der Waals surface area contributed by atoms with Gasteiger partial charge in [-0.05, 0) is 54.7 Å². The van der Waals surface area contributed by atoms with Crippen LogP contribution in [0.15, 0.2) is 18.2 Å². The smallest absolute Gasteiger partial charge is 0.119 e. The lowest BCUT2D eigenvalue weighted by atomic mass is 9.85. The maximum atomic E-state index is 10.3. The summed E-state index contributed by atoms with van der Waals surface area (Å²) in [6.07, 6.45) is 12.2. The molecule has 4 fully saturated rings. The van der Waals surface area contributed by atoms with Crippen molar-refractivity contribution in [1.82, 2.24) is 0 Å². The Hall–Kier alpha value is 0.420. The van der Waals surface area contributed by atoms with Gasteiger partial charge in [-0.3, -0.25) is 0 Å². The molecule has 5 rings (SSSR count). The fourth-order valence-corrected chi connectivity index (χ4v) is 11.5. The zero-order valence-electron chi connectivity index (χ0n) is 18.8. The number of phenolic OH excluding ortho intramolecular Hbond substituents is 1. The molecule has 5 unspecified atom stereocenters. The standard InChI is InChI=1S/C25H38OS4/c1-25(2,3)19-12-11-17(13-20(19)26)9-7-5-4-6-8-10-21-23(29-21)15-24-22-14-18(28-22)16-27-30-24/h11-13,18,21-24,26H,4-10,14-16H2,1-3H3. The molecule has 0 aliphatic carbocycles. The van der Waals surface area contributed by atoms with Gasteiger partial charge in [0.1, 0.15) is 5.75 Å². The van der Waals surface area contributed by atoms with Crippen LogP contribution >= 0.6 is 45.1 Å². The third-order valence-corrected chi connectivity index (χ3v) is 13.2. The first-order valence-corrected chi connectivity index (χ1v) is 16.1. The molecule has 0 aromatic heterocycles. The third kappa shape index (κ3) is 6.48. The van der Waals surface area contributed by atoms with Crippen molar-refractivity contribution in [3.05, 3.63) is 29.3 Å². The number of phenols is 1. The molecule has 5 heteroatoms. The maximum Gasteiger partial charge on any atom is 0.119 e. The number of hydrogen-bond donors (Lipinski definition) is 1. The molecule has 1 N–H and O–H groups in total. The lowest BCUT2D eigenvalue weighted by Crippen LogP contribution is -2.34. The van der Waals surface area contributed by atoms with Gasteiger partial charge in [-0.1, -0.05) is 80.2 Å². The molecule has 1 aromatic rings. The molecule has 2 bridgehead atoms. The molecule has 5 atom stereocenters. The molecular formula is C25H38OS4. The Morgan fingerprint density at radius 2 is 1.73 bits per heavy atom. The molecule has 30 heavy (non-hydrogen) atoms. The molecule has 0 saturated carbocycles. The summed E-state index contributed by atoms with van der Waals surface area (Å²) in [5, 5.41) is 15.1. The topological polar surface area (TPSA) is 20.2 Å². The molecule has 1 aromatic carbocycles. The summed E-state index contributed by atoms with van der Waals surface area (Å²) in [4.78, 5) is 0. The van der Waals surface area contributed by atoms with Crippen LogP contribution in [0.2, 0.25) is 0 Å². The molecule has 168 valence electrons. The Morgan fingerprint density at radius 1 is 0.967 bits per heavy atom. The van der Waals surface area contributed by atoms with Crippen molar-refractivity contribution in [3.63, 3.8) is 0 Å². The van der Waals surface area contributed by atoms with E-state index in [1.54, 1.807) is 0 Å². The van der Waals surface area contributed by atoms with Gasteiger partial charge in [0.05, 0.1) is 0 Å². The van der Waals surface area contributed by atoms with Crippen molar-refractivity contribution in [1.29, 1.82) is 0 Å². The summed E-state index contributed by atoms with van der Waals surface area (Å²) in [5.74, 6) is 1.85. The summed E-state index contributed by atoms with van der Waals surface area (Å²) < 4.78 is 0. The predicted octanol–water partition coefficient (Wildman–Crippen LogP) is 8.08. The zero-order chi connectivity index (χ0) is 21.1. The Bertz CT molecular complexity index is 695. The second kappa shape index (κ2) is 10.6. The molecule has 1 nitrogen and oxygen atoms in total. The van der Waals surface area contributed by atoms with Crippen molar-refractivity contribution in [2.75, 3.05) is 5.75 Å². The van der Waals surface area contributed by atoms with E-state index in [0.717, 1.165) is 38.2 Å². The van der Waals surface area contributed by atoms with E-state index in [1.807, 2.05) is 6.07 Å². The second-order valence-corrected chi connectivity index (χ2v) is 16.0. The Balaban J connectivity index is 1.04. The first kappa shape index (κ1) is 23.6. The third-order valence-electron chi connectivity index (χ3n) is 6.70. The van der Waals surface area contributed by atoms with Gasteiger partial charge in [0, 0.05) is 32.0 Å². The van der Waals surface area contributed by atoms with Gasteiger partial charge in [0.25, 0.3) is 0 Å². The molecule has 0 amide bonds. The minimum Gasteiger partial charge on any atom is -0.508 e. The molecule has 4 aliphatic heterocycles. The van der Waals surface area contributed by atoms with E-state index in [1.165, 1.54) is 62.7 Å². The summed E-state index contributed by atoms with van der Waals surface area (Å²) in [7, 11) is 4.36. The molecule has 0 radical (unpaired) electrons. The van der Waals surface area contributed by atoms with E-state index in [4.69, 9.17) is 0 Å². The van der Waals surface area contributed by atoms with Crippen LogP contribution < -0.4 is 0 Å². The molecule has 4 aliphatic rings. The SMILES string of the molecule is CC(C)(C)c1ccc(CCCCCCCC2SC2CC2SSCC3CC2S3)cc1O. The van der Waals surface area contributed by atoms with Crippen LogP contribution in [-0.2, 0) is 11.8 Å². The molecule has 4 saturated heterocycles. The van der Waals surface area contributed by atoms with Gasteiger partial charge >= 0.3 is 0 Å². The van der Waals surface area contributed by atoms with Crippen molar-refractivity contribution in [3.8, 4) is 5.75 Å². The van der Waals surface area contributed by atoms with Crippen LogP contribution in [-0.4, -0.2) is 37.1 Å². The first-order chi connectivity index (χ1) is 14.4. The first-order valence-electron chi connectivity index (χ1n) is 11.8. The minimum atomic E-state index is 0.00814. The quantitative estimate of drug-likeness (QED) is 0.206. The van der Waals surface area contributed by atoms with Crippen molar-refractivity contribution in [2.45, 2.75) is 110 Å².